The Morgan fingerprint density at radius 3 is 2.30 bits per heavy atom. The molecule has 1 aromatic heterocycles. The van der Waals surface area contributed by atoms with Crippen molar-refractivity contribution >= 4 is 11.0 Å². The molecule has 0 unspecified atom stereocenters. The number of aromatic nitrogens is 2. The highest BCUT2D eigenvalue weighted by Gasteiger charge is 2.12. The molecule has 23 heavy (non-hydrogen) atoms. The minimum absolute atomic E-state index is 0. The molecule has 4 nitrogen and oxygen atoms in total. The van der Waals surface area contributed by atoms with E-state index in [-0.39, 0.29) is 18.1 Å². The summed E-state index contributed by atoms with van der Waals surface area (Å²) in [6, 6.07) is 6.99. The molecular weight excluding hydrogens is 310 g/mol. The summed E-state index contributed by atoms with van der Waals surface area (Å²) in [4.78, 5) is 12.0. The maximum absolute atomic E-state index is 12.0. The molecule has 1 aliphatic carbocycles. The molecule has 0 amide bonds. The first-order valence-electron chi connectivity index (χ1n) is 8.54. The first-order chi connectivity index (χ1) is 10.7. The van der Waals surface area contributed by atoms with Gasteiger partial charge in [-0.15, -0.1) is 0 Å². The molecule has 3 rings (SSSR count). The van der Waals surface area contributed by atoms with Gasteiger partial charge in [-0.2, -0.15) is 0 Å². The van der Waals surface area contributed by atoms with E-state index in [1.807, 2.05) is 14.1 Å². The number of nitrogens with zero attached hydrogens (tertiary/aromatic N) is 2. The Kier molecular flexibility index (Phi) is 6.31. The van der Waals surface area contributed by atoms with Crippen LogP contribution in [0.15, 0.2) is 23.0 Å². The number of imidazole rings is 1. The normalized spacial score (nSPS) is 16.8. The van der Waals surface area contributed by atoms with E-state index in [0.29, 0.717) is 6.04 Å². The number of benzene rings is 1. The van der Waals surface area contributed by atoms with Gasteiger partial charge in [0.05, 0.1) is 11.0 Å². The predicted octanol–water partition coefficient (Wildman–Crippen LogP) is 0.0835. The van der Waals surface area contributed by atoms with Crippen LogP contribution in [0.2, 0.25) is 0 Å². The first-order valence-corrected chi connectivity index (χ1v) is 8.54. The molecule has 2 aromatic rings. The lowest BCUT2D eigenvalue weighted by Crippen LogP contribution is -3.00. The summed E-state index contributed by atoms with van der Waals surface area (Å²) in [5.41, 5.74) is 3.32. The van der Waals surface area contributed by atoms with E-state index in [4.69, 9.17) is 0 Å². The lowest BCUT2D eigenvalue weighted by atomic mass is 9.96. The van der Waals surface area contributed by atoms with Crippen LogP contribution in [0.1, 0.15) is 50.5 Å². The highest BCUT2D eigenvalue weighted by molar-refractivity contribution is 5.76. The summed E-state index contributed by atoms with van der Waals surface area (Å²) in [5.74, 6) is 0. The highest BCUT2D eigenvalue weighted by Crippen LogP contribution is 2.18. The van der Waals surface area contributed by atoms with Gasteiger partial charge in [0.1, 0.15) is 0 Å². The topological polar surface area (TPSA) is 39.0 Å². The lowest BCUT2D eigenvalue weighted by molar-refractivity contribution is -0.00000480. The molecule has 1 aromatic carbocycles. The number of rotatable bonds is 3. The van der Waals surface area contributed by atoms with Crippen LogP contribution in [0, 0.1) is 0 Å². The zero-order chi connectivity index (χ0) is 15.5. The average Bonchev–Trinajstić information content (AvgIpc) is 2.71. The molecule has 1 N–H and O–H groups in total. The number of halogens is 1. The molecule has 0 aliphatic heterocycles. The molecule has 0 spiro atoms. The van der Waals surface area contributed by atoms with Crippen molar-refractivity contribution in [3.05, 3.63) is 34.2 Å². The smallest absolute Gasteiger partial charge is 0.328 e. The molecule has 0 radical (unpaired) electrons. The van der Waals surface area contributed by atoms with Gasteiger partial charge < -0.3 is 17.7 Å². The van der Waals surface area contributed by atoms with Crippen LogP contribution in [0.4, 0.5) is 0 Å². The van der Waals surface area contributed by atoms with E-state index < -0.39 is 0 Å². The van der Waals surface area contributed by atoms with Crippen molar-refractivity contribution in [1.29, 1.82) is 0 Å². The molecule has 1 saturated carbocycles. The Balaban J connectivity index is 0.00000192. The van der Waals surface area contributed by atoms with Crippen LogP contribution in [0.5, 0.6) is 0 Å². The van der Waals surface area contributed by atoms with Crippen LogP contribution in [-0.4, -0.2) is 15.2 Å². The summed E-state index contributed by atoms with van der Waals surface area (Å²) < 4.78 is 3.44. The van der Waals surface area contributed by atoms with E-state index in [1.165, 1.54) is 50.5 Å². The molecular formula is C18H27ClN3O-. The van der Waals surface area contributed by atoms with E-state index in [0.717, 1.165) is 17.6 Å². The van der Waals surface area contributed by atoms with Gasteiger partial charge in [-0.05, 0) is 30.5 Å². The minimum Gasteiger partial charge on any atom is -1.00 e. The highest BCUT2D eigenvalue weighted by atomic mass is 35.5. The van der Waals surface area contributed by atoms with E-state index >= 15 is 0 Å². The molecule has 1 heterocycles. The Morgan fingerprint density at radius 2 is 1.61 bits per heavy atom. The van der Waals surface area contributed by atoms with E-state index in [9.17, 15) is 4.79 Å². The Labute approximate surface area is 144 Å². The van der Waals surface area contributed by atoms with E-state index in [1.54, 1.807) is 9.13 Å². The fourth-order valence-electron chi connectivity index (χ4n) is 3.58. The number of fused-ring (bicyclic) bond motifs is 1. The second-order valence-corrected chi connectivity index (χ2v) is 6.65. The summed E-state index contributed by atoms with van der Waals surface area (Å²) in [6.07, 6.45) is 9.48. The van der Waals surface area contributed by atoms with E-state index in [2.05, 4.69) is 23.5 Å². The van der Waals surface area contributed by atoms with Crippen LogP contribution in [0.3, 0.4) is 0 Å². The standard InChI is InChI=1S/C18H27N3O.ClH/c1-20-16-11-10-14(12-17(16)21(2)18(20)22)13-19-15-8-6-4-3-5-7-9-15;/h10-12,15,19H,3-9,13H2,1-2H3;1H/p-1. The van der Waals surface area contributed by atoms with Gasteiger partial charge in [-0.25, -0.2) is 4.79 Å². The average molecular weight is 337 g/mol. The van der Waals surface area contributed by atoms with Crippen LogP contribution in [0.25, 0.3) is 11.0 Å². The van der Waals surface area contributed by atoms with Gasteiger partial charge in [-0.3, -0.25) is 9.13 Å². The lowest BCUT2D eigenvalue weighted by Gasteiger charge is -2.21. The summed E-state index contributed by atoms with van der Waals surface area (Å²) in [7, 11) is 3.67. The Bertz CT molecular complexity index is 696. The molecule has 1 aliphatic rings. The second-order valence-electron chi connectivity index (χ2n) is 6.65. The molecule has 1 fully saturated rings. The van der Waals surface area contributed by atoms with Crippen molar-refractivity contribution in [3.63, 3.8) is 0 Å². The van der Waals surface area contributed by atoms with Crippen molar-refractivity contribution in [1.82, 2.24) is 14.5 Å². The maximum Gasteiger partial charge on any atom is 0.328 e. The van der Waals surface area contributed by atoms with Gasteiger partial charge in [-0.1, -0.05) is 38.2 Å². The molecule has 128 valence electrons. The minimum atomic E-state index is 0. The van der Waals surface area contributed by atoms with Gasteiger partial charge >= 0.3 is 5.69 Å². The van der Waals surface area contributed by atoms with Crippen LogP contribution < -0.4 is 23.4 Å². The van der Waals surface area contributed by atoms with Gasteiger partial charge in [0.2, 0.25) is 0 Å². The second kappa shape index (κ2) is 8.02. The predicted molar refractivity (Wildman–Crippen MR) is 91.1 cm³/mol. The fourth-order valence-corrected chi connectivity index (χ4v) is 3.58. The Hall–Kier alpha value is -1.26. The molecule has 5 heteroatoms. The van der Waals surface area contributed by atoms with Crippen molar-refractivity contribution < 1.29 is 12.4 Å². The number of nitrogens with one attached hydrogen (secondary N) is 1. The largest absolute Gasteiger partial charge is 1.00 e. The van der Waals surface area contributed by atoms with Gasteiger partial charge in [0.25, 0.3) is 0 Å². The van der Waals surface area contributed by atoms with Crippen LogP contribution >= 0.6 is 0 Å². The van der Waals surface area contributed by atoms with Crippen molar-refractivity contribution in [3.8, 4) is 0 Å². The van der Waals surface area contributed by atoms with Crippen molar-refractivity contribution in [2.24, 2.45) is 14.1 Å². The summed E-state index contributed by atoms with van der Waals surface area (Å²) >= 11 is 0. The van der Waals surface area contributed by atoms with Crippen molar-refractivity contribution in [2.45, 2.75) is 57.5 Å². The summed E-state index contributed by atoms with van der Waals surface area (Å²) in [6.45, 7) is 0.893. The molecule has 0 saturated heterocycles. The third-order valence-electron chi connectivity index (χ3n) is 5.04. The third kappa shape index (κ3) is 3.99. The van der Waals surface area contributed by atoms with Gasteiger partial charge in [0.15, 0.2) is 0 Å². The molecule has 0 atom stereocenters. The monoisotopic (exact) mass is 336 g/mol. The van der Waals surface area contributed by atoms with Crippen LogP contribution in [-0.2, 0) is 20.6 Å². The maximum atomic E-state index is 12.0. The fraction of sp³-hybridized carbons (Fsp3) is 0.611. The zero-order valence-corrected chi connectivity index (χ0v) is 14.9. The zero-order valence-electron chi connectivity index (χ0n) is 14.1. The number of hydrogen-bond acceptors (Lipinski definition) is 2. The first kappa shape index (κ1) is 18.1. The summed E-state index contributed by atoms with van der Waals surface area (Å²) in [5, 5.41) is 3.72. The third-order valence-corrected chi connectivity index (χ3v) is 5.04. The van der Waals surface area contributed by atoms with Crippen molar-refractivity contribution in [2.75, 3.05) is 0 Å². The number of hydrogen-bond donors (Lipinski definition) is 1. The number of aryl methyl sites for hydroxylation is 2. The SMILES string of the molecule is Cn1c(=O)n(C)c2cc(CNC3CCCCCCC3)ccc21.[Cl-]. The van der Waals surface area contributed by atoms with Gasteiger partial charge in [0, 0.05) is 26.7 Å². The Morgan fingerprint density at radius 1 is 1.00 bits per heavy atom. The quantitative estimate of drug-likeness (QED) is 0.862. The molecule has 0 bridgehead atoms.